The van der Waals surface area contributed by atoms with Crippen molar-refractivity contribution in [3.63, 3.8) is 0 Å². The van der Waals surface area contributed by atoms with Gasteiger partial charge >= 0.3 is 5.69 Å². The summed E-state index contributed by atoms with van der Waals surface area (Å²) in [5.41, 5.74) is 0.174. The van der Waals surface area contributed by atoms with E-state index in [1.807, 2.05) is 37.3 Å². The van der Waals surface area contributed by atoms with Crippen molar-refractivity contribution in [2.45, 2.75) is 24.2 Å². The fraction of sp³-hybridized carbons (Fsp3) is 0.222. The lowest BCUT2D eigenvalue weighted by atomic mass is 9.98. The van der Waals surface area contributed by atoms with Gasteiger partial charge in [0.1, 0.15) is 0 Å². The second kappa shape index (κ2) is 7.27. The average molecular weight is 373 g/mol. The molecule has 136 valence electrons. The molecule has 8 heteroatoms. The van der Waals surface area contributed by atoms with E-state index in [9.17, 15) is 18.0 Å². The molecule has 0 unspecified atom stereocenters. The first-order valence-corrected chi connectivity index (χ1v) is 9.66. The summed E-state index contributed by atoms with van der Waals surface area (Å²) in [7, 11) is -3.75. The van der Waals surface area contributed by atoms with Gasteiger partial charge in [-0.15, -0.1) is 0 Å². The number of benzene rings is 2. The number of sulfonamides is 1. The Morgan fingerprint density at radius 2 is 1.77 bits per heavy atom. The smallest absolute Gasteiger partial charge is 0.307 e. The molecule has 0 aliphatic heterocycles. The van der Waals surface area contributed by atoms with Crippen LogP contribution in [0.5, 0.6) is 0 Å². The van der Waals surface area contributed by atoms with Gasteiger partial charge in [-0.1, -0.05) is 37.3 Å². The molecule has 0 amide bonds. The third-order valence-electron chi connectivity index (χ3n) is 4.26. The van der Waals surface area contributed by atoms with Gasteiger partial charge in [0.25, 0.3) is 5.56 Å². The van der Waals surface area contributed by atoms with Gasteiger partial charge in [-0.05, 0) is 36.1 Å². The van der Waals surface area contributed by atoms with Gasteiger partial charge in [0.15, 0.2) is 0 Å². The first-order chi connectivity index (χ1) is 12.4. The van der Waals surface area contributed by atoms with E-state index in [0.717, 1.165) is 5.56 Å². The maximum atomic E-state index is 12.5. The highest BCUT2D eigenvalue weighted by Crippen LogP contribution is 2.18. The summed E-state index contributed by atoms with van der Waals surface area (Å²) in [6.07, 6.45) is 0.644. The number of aromatic nitrogens is 2. The quantitative estimate of drug-likeness (QED) is 0.610. The van der Waals surface area contributed by atoms with Crippen LogP contribution in [0.25, 0.3) is 10.9 Å². The molecule has 3 rings (SSSR count). The Labute approximate surface area is 150 Å². The Hall–Kier alpha value is -2.71. The van der Waals surface area contributed by atoms with Crippen LogP contribution >= 0.6 is 0 Å². The summed E-state index contributed by atoms with van der Waals surface area (Å²) >= 11 is 0. The summed E-state index contributed by atoms with van der Waals surface area (Å²) in [4.78, 5) is 27.6. The molecule has 0 spiro atoms. The molecule has 1 heterocycles. The Bertz CT molecular complexity index is 1130. The number of fused-ring (bicyclic) bond motifs is 1. The summed E-state index contributed by atoms with van der Waals surface area (Å²) in [5, 5.41) is 0.116. The molecule has 3 N–H and O–H groups in total. The van der Waals surface area contributed by atoms with Crippen LogP contribution in [0.3, 0.4) is 0 Å². The number of rotatable bonds is 6. The predicted octanol–water partition coefficient (Wildman–Crippen LogP) is 1.69. The minimum atomic E-state index is -3.75. The lowest BCUT2D eigenvalue weighted by molar-refractivity contribution is 0.572. The topological polar surface area (TPSA) is 112 Å². The Kier molecular flexibility index (Phi) is 5.06. The molecule has 0 bridgehead atoms. The van der Waals surface area contributed by atoms with Crippen molar-refractivity contribution >= 4 is 20.9 Å². The molecule has 1 aromatic heterocycles. The van der Waals surface area contributed by atoms with Crippen molar-refractivity contribution in [1.29, 1.82) is 0 Å². The monoisotopic (exact) mass is 373 g/mol. The number of hydrogen-bond donors (Lipinski definition) is 3. The highest BCUT2D eigenvalue weighted by Gasteiger charge is 2.16. The summed E-state index contributed by atoms with van der Waals surface area (Å²) in [5.74, 6) is 0.212. The van der Waals surface area contributed by atoms with Gasteiger partial charge in [-0.3, -0.25) is 9.78 Å². The number of H-pyrrole nitrogens is 2. The molecule has 1 atom stereocenters. The number of hydrogen-bond acceptors (Lipinski definition) is 4. The van der Waals surface area contributed by atoms with Crippen LogP contribution in [-0.2, 0) is 10.0 Å². The Morgan fingerprint density at radius 3 is 2.50 bits per heavy atom. The van der Waals surface area contributed by atoms with E-state index < -0.39 is 21.3 Å². The number of nitrogens with one attached hydrogen (secondary N) is 3. The first-order valence-electron chi connectivity index (χ1n) is 8.18. The molecule has 3 aromatic rings. The zero-order chi connectivity index (χ0) is 18.7. The second-order valence-corrected chi connectivity index (χ2v) is 7.88. The Morgan fingerprint density at radius 1 is 1.04 bits per heavy atom. The van der Waals surface area contributed by atoms with Crippen LogP contribution in [0.15, 0.2) is 63.0 Å². The van der Waals surface area contributed by atoms with Gasteiger partial charge in [-0.2, -0.15) is 0 Å². The predicted molar refractivity (Wildman–Crippen MR) is 99.9 cm³/mol. The molecule has 0 saturated heterocycles. The van der Waals surface area contributed by atoms with Crippen LogP contribution < -0.4 is 16.0 Å². The molecule has 0 aliphatic carbocycles. The van der Waals surface area contributed by atoms with Crippen LogP contribution in [-0.4, -0.2) is 24.9 Å². The third-order valence-corrected chi connectivity index (χ3v) is 5.72. The van der Waals surface area contributed by atoms with Gasteiger partial charge in [0, 0.05) is 6.54 Å². The standard InChI is InChI=1S/C18H19N3O4S/c1-12(13-5-3-2-4-6-13)9-10-19-26(24,25)14-7-8-16-15(11-14)17(22)21-18(23)20-16/h2-8,11-12,19H,9-10H2,1H3,(H2,20,21,22,23)/t12-/m0/s1. The van der Waals surface area contributed by atoms with Crippen LogP contribution in [0.4, 0.5) is 0 Å². The normalized spacial score (nSPS) is 13.0. The lowest BCUT2D eigenvalue weighted by Crippen LogP contribution is -2.26. The molecule has 0 aliphatic rings. The fourth-order valence-electron chi connectivity index (χ4n) is 2.75. The maximum Gasteiger partial charge on any atom is 0.326 e. The molecule has 0 fully saturated rings. The van der Waals surface area contributed by atoms with E-state index in [2.05, 4.69) is 14.7 Å². The SMILES string of the molecule is C[C@@H](CCNS(=O)(=O)c1ccc2[nH]c(=O)[nH]c(=O)c2c1)c1ccccc1. The van der Waals surface area contributed by atoms with Crippen molar-refractivity contribution in [1.82, 2.24) is 14.7 Å². The van der Waals surface area contributed by atoms with Crippen LogP contribution in [0.2, 0.25) is 0 Å². The second-order valence-electron chi connectivity index (χ2n) is 6.11. The van der Waals surface area contributed by atoms with Crippen LogP contribution in [0, 0.1) is 0 Å². The van der Waals surface area contributed by atoms with E-state index in [1.165, 1.54) is 18.2 Å². The van der Waals surface area contributed by atoms with Crippen molar-refractivity contribution < 1.29 is 8.42 Å². The van der Waals surface area contributed by atoms with Crippen LogP contribution in [0.1, 0.15) is 24.8 Å². The maximum absolute atomic E-state index is 12.5. The van der Waals surface area contributed by atoms with Crippen molar-refractivity contribution in [2.75, 3.05) is 6.54 Å². The third kappa shape index (κ3) is 3.92. The largest absolute Gasteiger partial charge is 0.326 e. The zero-order valence-corrected chi connectivity index (χ0v) is 15.0. The van der Waals surface area contributed by atoms with Gasteiger partial charge < -0.3 is 4.98 Å². The van der Waals surface area contributed by atoms with E-state index >= 15 is 0 Å². The van der Waals surface area contributed by atoms with Crippen molar-refractivity contribution in [2.24, 2.45) is 0 Å². The minimum Gasteiger partial charge on any atom is -0.307 e. The molecule has 7 nitrogen and oxygen atoms in total. The molecule has 26 heavy (non-hydrogen) atoms. The van der Waals surface area contributed by atoms with Gasteiger partial charge in [0.05, 0.1) is 15.8 Å². The molecular weight excluding hydrogens is 354 g/mol. The summed E-state index contributed by atoms with van der Waals surface area (Å²) in [6.45, 7) is 2.31. The Balaban J connectivity index is 1.75. The van der Waals surface area contributed by atoms with E-state index in [0.29, 0.717) is 6.42 Å². The van der Waals surface area contributed by atoms with Crippen molar-refractivity contribution in [3.8, 4) is 0 Å². The number of aromatic amines is 2. The van der Waals surface area contributed by atoms with E-state index in [4.69, 9.17) is 0 Å². The first kappa shape index (κ1) is 18.1. The van der Waals surface area contributed by atoms with Crippen molar-refractivity contribution in [3.05, 3.63) is 74.9 Å². The average Bonchev–Trinajstić information content (AvgIpc) is 2.61. The van der Waals surface area contributed by atoms with Gasteiger partial charge in [0.2, 0.25) is 10.0 Å². The molecular formula is C18H19N3O4S. The molecule has 0 radical (unpaired) electrons. The van der Waals surface area contributed by atoms with Gasteiger partial charge in [-0.25, -0.2) is 17.9 Å². The molecule has 0 saturated carbocycles. The van der Waals surface area contributed by atoms with E-state index in [-0.39, 0.29) is 28.3 Å². The summed E-state index contributed by atoms with van der Waals surface area (Å²) < 4.78 is 27.5. The fourth-order valence-corrected chi connectivity index (χ4v) is 3.83. The highest BCUT2D eigenvalue weighted by molar-refractivity contribution is 7.89. The minimum absolute atomic E-state index is 0.0186. The lowest BCUT2D eigenvalue weighted by Gasteiger charge is -2.13. The molecule has 2 aromatic carbocycles. The summed E-state index contributed by atoms with van der Waals surface area (Å²) in [6, 6.07) is 13.9. The van der Waals surface area contributed by atoms with E-state index in [1.54, 1.807) is 0 Å². The zero-order valence-electron chi connectivity index (χ0n) is 14.2. The highest BCUT2D eigenvalue weighted by atomic mass is 32.2.